The molecular formula is C24H39N5O2. The second-order valence-corrected chi connectivity index (χ2v) is 9.16. The van der Waals surface area contributed by atoms with Crippen molar-refractivity contribution in [2.24, 2.45) is 10.4 Å². The van der Waals surface area contributed by atoms with Gasteiger partial charge in [0, 0.05) is 43.9 Å². The number of pyridine rings is 1. The van der Waals surface area contributed by atoms with Crippen LogP contribution in [-0.2, 0) is 16.0 Å². The predicted octanol–water partition coefficient (Wildman–Crippen LogP) is 3.10. The van der Waals surface area contributed by atoms with Gasteiger partial charge in [-0.15, -0.1) is 0 Å². The van der Waals surface area contributed by atoms with Crippen LogP contribution in [0.4, 0.5) is 5.82 Å². The minimum absolute atomic E-state index is 0.243. The van der Waals surface area contributed by atoms with Gasteiger partial charge in [-0.2, -0.15) is 0 Å². The number of hydrogen-bond donors (Lipinski definition) is 2. The summed E-state index contributed by atoms with van der Waals surface area (Å²) in [5.41, 5.74) is 1.47. The van der Waals surface area contributed by atoms with Crippen molar-refractivity contribution in [3.63, 3.8) is 0 Å². The number of anilines is 1. The summed E-state index contributed by atoms with van der Waals surface area (Å²) in [5.74, 6) is 1.93. The van der Waals surface area contributed by atoms with Gasteiger partial charge >= 0.3 is 0 Å². The van der Waals surface area contributed by atoms with Gasteiger partial charge < -0.3 is 25.0 Å². The minimum atomic E-state index is 0.243. The van der Waals surface area contributed by atoms with Gasteiger partial charge in [-0.1, -0.05) is 12.8 Å². The number of nitrogens with zero attached hydrogens (tertiary/aromatic N) is 3. The summed E-state index contributed by atoms with van der Waals surface area (Å²) < 4.78 is 11.7. The Bertz CT molecular complexity index is 749. The molecular weight excluding hydrogens is 390 g/mol. The lowest BCUT2D eigenvalue weighted by Gasteiger charge is -2.54. The van der Waals surface area contributed by atoms with E-state index in [2.05, 4.69) is 53.4 Å². The van der Waals surface area contributed by atoms with Crippen LogP contribution in [0.25, 0.3) is 0 Å². The zero-order chi connectivity index (χ0) is 21.7. The van der Waals surface area contributed by atoms with Crippen LogP contribution in [0.3, 0.4) is 0 Å². The summed E-state index contributed by atoms with van der Waals surface area (Å²) in [6.45, 7) is 11.2. The Morgan fingerprint density at radius 2 is 2.19 bits per heavy atom. The third kappa shape index (κ3) is 4.98. The number of morpholine rings is 1. The number of rotatable bonds is 7. The molecule has 2 heterocycles. The Kier molecular flexibility index (Phi) is 7.33. The van der Waals surface area contributed by atoms with Crippen LogP contribution in [0.2, 0.25) is 0 Å². The van der Waals surface area contributed by atoms with E-state index >= 15 is 0 Å². The lowest BCUT2D eigenvalue weighted by Crippen LogP contribution is -2.65. The smallest absolute Gasteiger partial charge is 0.191 e. The van der Waals surface area contributed by atoms with Crippen molar-refractivity contribution in [3.05, 3.63) is 23.9 Å². The van der Waals surface area contributed by atoms with E-state index in [0.29, 0.717) is 24.1 Å². The maximum Gasteiger partial charge on any atom is 0.191 e. The van der Waals surface area contributed by atoms with E-state index in [-0.39, 0.29) is 6.10 Å². The molecule has 0 amide bonds. The molecule has 0 bridgehead atoms. The normalized spacial score (nSPS) is 27.9. The summed E-state index contributed by atoms with van der Waals surface area (Å²) in [6.07, 6.45) is 8.78. The molecule has 1 aromatic rings. The molecule has 1 spiro atoms. The summed E-state index contributed by atoms with van der Waals surface area (Å²) >= 11 is 0. The molecule has 3 aliphatic rings. The lowest BCUT2D eigenvalue weighted by molar-refractivity contribution is -0.125. The quantitative estimate of drug-likeness (QED) is 0.513. The third-order valence-electron chi connectivity index (χ3n) is 7.14. The lowest BCUT2D eigenvalue weighted by atomic mass is 9.60. The van der Waals surface area contributed by atoms with Crippen molar-refractivity contribution in [2.45, 2.75) is 77.7 Å². The number of nitrogens with one attached hydrogen (secondary N) is 2. The highest BCUT2D eigenvalue weighted by molar-refractivity contribution is 5.80. The van der Waals surface area contributed by atoms with E-state index in [4.69, 9.17) is 14.5 Å². The third-order valence-corrected chi connectivity index (χ3v) is 7.14. The van der Waals surface area contributed by atoms with Crippen molar-refractivity contribution in [1.82, 2.24) is 15.6 Å². The fourth-order valence-electron chi connectivity index (χ4n) is 5.50. The van der Waals surface area contributed by atoms with Crippen molar-refractivity contribution in [3.8, 4) is 0 Å². The van der Waals surface area contributed by atoms with Crippen molar-refractivity contribution in [1.29, 1.82) is 0 Å². The fraction of sp³-hybridized carbons (Fsp3) is 0.750. The molecule has 2 saturated carbocycles. The standard InChI is InChI=1S/C24H39N5O2/c1-4-25-23(28-20-15-21(30-5-2)24(20)9-6-7-10-24)27-16-19-8-11-26-22(14-19)29-12-13-31-18(3)17-29/h8,11,14,18,20-21H,4-7,9-10,12-13,15-17H2,1-3H3,(H2,25,27,28). The van der Waals surface area contributed by atoms with Crippen LogP contribution >= 0.6 is 0 Å². The monoisotopic (exact) mass is 429 g/mol. The summed E-state index contributed by atoms with van der Waals surface area (Å²) in [6, 6.07) is 4.68. The first kappa shape index (κ1) is 22.3. The molecule has 0 aromatic carbocycles. The molecule has 7 nitrogen and oxygen atoms in total. The van der Waals surface area contributed by atoms with Gasteiger partial charge in [0.05, 0.1) is 25.4 Å². The van der Waals surface area contributed by atoms with Crippen LogP contribution in [0.15, 0.2) is 23.3 Å². The van der Waals surface area contributed by atoms with E-state index in [9.17, 15) is 0 Å². The average molecular weight is 430 g/mol. The molecule has 3 fully saturated rings. The van der Waals surface area contributed by atoms with Gasteiger partial charge in [0.15, 0.2) is 5.96 Å². The van der Waals surface area contributed by atoms with Gasteiger partial charge in [0.2, 0.25) is 0 Å². The average Bonchev–Trinajstić information content (AvgIpc) is 3.30. The molecule has 31 heavy (non-hydrogen) atoms. The first-order chi connectivity index (χ1) is 15.1. The second-order valence-electron chi connectivity index (χ2n) is 9.16. The van der Waals surface area contributed by atoms with Gasteiger partial charge in [0.1, 0.15) is 5.82 Å². The first-order valence-electron chi connectivity index (χ1n) is 12.1. The van der Waals surface area contributed by atoms with Crippen LogP contribution in [0.5, 0.6) is 0 Å². The topological polar surface area (TPSA) is 71.0 Å². The highest BCUT2D eigenvalue weighted by Crippen LogP contribution is 2.54. The Balaban J connectivity index is 1.41. The first-order valence-corrected chi connectivity index (χ1v) is 12.1. The number of aliphatic imine (C=N–C) groups is 1. The highest BCUT2D eigenvalue weighted by Gasteiger charge is 2.56. The second kappa shape index (κ2) is 10.2. The molecule has 2 N–H and O–H groups in total. The Morgan fingerprint density at radius 3 is 2.94 bits per heavy atom. The maximum absolute atomic E-state index is 6.07. The summed E-state index contributed by atoms with van der Waals surface area (Å²) in [5, 5.41) is 7.19. The van der Waals surface area contributed by atoms with Crippen molar-refractivity contribution in [2.75, 3.05) is 37.7 Å². The van der Waals surface area contributed by atoms with E-state index in [1.165, 1.54) is 31.2 Å². The van der Waals surface area contributed by atoms with Gasteiger partial charge in [0.25, 0.3) is 0 Å². The van der Waals surface area contributed by atoms with Gasteiger partial charge in [-0.3, -0.25) is 0 Å². The molecule has 1 aromatic heterocycles. The SMILES string of the molecule is CCNC(=NCc1ccnc(N2CCOC(C)C2)c1)NC1CC(OCC)C12CCCC2. The summed E-state index contributed by atoms with van der Waals surface area (Å²) in [4.78, 5) is 11.8. The summed E-state index contributed by atoms with van der Waals surface area (Å²) in [7, 11) is 0. The zero-order valence-corrected chi connectivity index (χ0v) is 19.4. The van der Waals surface area contributed by atoms with Crippen LogP contribution in [0.1, 0.15) is 58.4 Å². The largest absolute Gasteiger partial charge is 0.378 e. The Labute approximate surface area is 187 Å². The van der Waals surface area contributed by atoms with Crippen molar-refractivity contribution < 1.29 is 9.47 Å². The van der Waals surface area contributed by atoms with Crippen LogP contribution < -0.4 is 15.5 Å². The number of ether oxygens (including phenoxy) is 2. The molecule has 0 radical (unpaired) electrons. The van der Waals surface area contributed by atoms with E-state index < -0.39 is 0 Å². The Hall–Kier alpha value is -1.86. The Morgan fingerprint density at radius 1 is 1.35 bits per heavy atom. The molecule has 2 aliphatic carbocycles. The number of aromatic nitrogens is 1. The molecule has 3 unspecified atom stereocenters. The van der Waals surface area contributed by atoms with Crippen LogP contribution in [0, 0.1) is 5.41 Å². The van der Waals surface area contributed by atoms with E-state index in [1.54, 1.807) is 0 Å². The van der Waals surface area contributed by atoms with Gasteiger partial charge in [-0.05, 0) is 57.7 Å². The maximum atomic E-state index is 6.07. The number of guanidine groups is 1. The number of hydrogen-bond acceptors (Lipinski definition) is 5. The van der Waals surface area contributed by atoms with E-state index in [1.807, 2.05) is 6.20 Å². The molecule has 172 valence electrons. The van der Waals surface area contributed by atoms with Gasteiger partial charge in [-0.25, -0.2) is 9.98 Å². The fourth-order valence-corrected chi connectivity index (χ4v) is 5.50. The molecule has 4 rings (SSSR count). The zero-order valence-electron chi connectivity index (χ0n) is 19.4. The van der Waals surface area contributed by atoms with Crippen molar-refractivity contribution >= 4 is 11.8 Å². The molecule has 3 atom stereocenters. The molecule has 7 heteroatoms. The molecule has 1 aliphatic heterocycles. The van der Waals surface area contributed by atoms with E-state index in [0.717, 1.165) is 51.0 Å². The van der Waals surface area contributed by atoms with Crippen LogP contribution in [-0.4, -0.2) is 62.0 Å². The molecule has 1 saturated heterocycles. The predicted molar refractivity (Wildman–Crippen MR) is 125 cm³/mol. The minimum Gasteiger partial charge on any atom is -0.378 e. The highest BCUT2D eigenvalue weighted by atomic mass is 16.5.